The van der Waals surface area contributed by atoms with Gasteiger partial charge in [-0.2, -0.15) is 0 Å². The van der Waals surface area contributed by atoms with E-state index >= 15 is 0 Å². The Morgan fingerprint density at radius 1 is 1.17 bits per heavy atom. The number of nitrogens with zero attached hydrogens (tertiary/aromatic N) is 4. The summed E-state index contributed by atoms with van der Waals surface area (Å²) in [5.41, 5.74) is 2.00. The first-order valence-electron chi connectivity index (χ1n) is 10.1. The number of carboxylic acids is 1. The Bertz CT molecular complexity index is 1030. The molecule has 0 saturated heterocycles. The summed E-state index contributed by atoms with van der Waals surface area (Å²) in [6, 6.07) is 10.1. The minimum atomic E-state index is -0.673. The summed E-state index contributed by atoms with van der Waals surface area (Å²) in [7, 11) is 2.04. The van der Waals surface area contributed by atoms with Crippen LogP contribution in [0.5, 0.6) is 0 Å². The summed E-state index contributed by atoms with van der Waals surface area (Å²) >= 11 is 1.60. The summed E-state index contributed by atoms with van der Waals surface area (Å²) in [5, 5.41) is 13.4. The largest absolute Gasteiger partial charge is 0.481 e. The third kappa shape index (κ3) is 4.59. The number of aromatic nitrogens is 3. The van der Waals surface area contributed by atoms with Crippen molar-refractivity contribution in [2.75, 3.05) is 17.3 Å². The highest BCUT2D eigenvalue weighted by Crippen LogP contribution is 2.35. The minimum Gasteiger partial charge on any atom is -0.481 e. The predicted octanol–water partition coefficient (Wildman–Crippen LogP) is 4.73. The lowest BCUT2D eigenvalue weighted by atomic mass is 9.86. The second kappa shape index (κ2) is 8.79. The third-order valence-corrected chi connectivity index (χ3v) is 6.67. The molecule has 3 aromatic heterocycles. The van der Waals surface area contributed by atoms with Crippen molar-refractivity contribution in [2.24, 2.45) is 5.92 Å². The van der Waals surface area contributed by atoms with Gasteiger partial charge in [-0.15, -0.1) is 0 Å². The summed E-state index contributed by atoms with van der Waals surface area (Å²) in [4.78, 5) is 28.0. The van der Waals surface area contributed by atoms with Crippen LogP contribution in [0.25, 0.3) is 10.6 Å². The van der Waals surface area contributed by atoms with E-state index < -0.39 is 5.97 Å². The lowest BCUT2D eigenvalue weighted by Gasteiger charge is -2.33. The predicted molar refractivity (Wildman–Crippen MR) is 119 cm³/mol. The Morgan fingerprint density at radius 2 is 1.97 bits per heavy atom. The van der Waals surface area contributed by atoms with Crippen molar-refractivity contribution in [2.45, 2.75) is 38.6 Å². The monoisotopic (exact) mass is 423 g/mol. The highest BCUT2D eigenvalue weighted by atomic mass is 32.1. The zero-order chi connectivity index (χ0) is 21.1. The van der Waals surface area contributed by atoms with Gasteiger partial charge in [0.25, 0.3) is 0 Å². The van der Waals surface area contributed by atoms with Crippen LogP contribution in [0, 0.1) is 12.8 Å². The molecule has 1 saturated carbocycles. The third-order valence-electron chi connectivity index (χ3n) is 5.56. The fourth-order valence-corrected chi connectivity index (χ4v) is 4.71. The molecule has 2 N–H and O–H groups in total. The smallest absolute Gasteiger partial charge is 0.306 e. The Balaban J connectivity index is 1.45. The van der Waals surface area contributed by atoms with Gasteiger partial charge in [0.15, 0.2) is 5.13 Å². The molecule has 3 aromatic rings. The highest BCUT2D eigenvalue weighted by Gasteiger charge is 2.29. The first-order valence-corrected chi connectivity index (χ1v) is 10.9. The van der Waals surface area contributed by atoms with Gasteiger partial charge in [0.05, 0.1) is 16.5 Å². The van der Waals surface area contributed by atoms with Gasteiger partial charge >= 0.3 is 5.97 Å². The molecular formula is C22H25N5O2S. The Labute approximate surface area is 179 Å². The number of thiazole rings is 1. The van der Waals surface area contributed by atoms with E-state index in [0.717, 1.165) is 58.6 Å². The van der Waals surface area contributed by atoms with Gasteiger partial charge in [0, 0.05) is 25.5 Å². The van der Waals surface area contributed by atoms with Gasteiger partial charge < -0.3 is 15.3 Å². The first kappa shape index (κ1) is 20.3. The molecule has 0 amide bonds. The van der Waals surface area contributed by atoms with E-state index in [2.05, 4.69) is 20.2 Å². The van der Waals surface area contributed by atoms with Gasteiger partial charge in [-0.25, -0.2) is 15.0 Å². The van der Waals surface area contributed by atoms with Crippen LogP contribution in [0.15, 0.2) is 42.7 Å². The van der Waals surface area contributed by atoms with Gasteiger partial charge in [-0.3, -0.25) is 4.79 Å². The fourth-order valence-electron chi connectivity index (χ4n) is 3.79. The average Bonchev–Trinajstić information content (AvgIpc) is 3.24. The number of carboxylic acid groups (broad SMARTS) is 1. The van der Waals surface area contributed by atoms with E-state index in [0.29, 0.717) is 6.04 Å². The van der Waals surface area contributed by atoms with E-state index in [9.17, 15) is 9.90 Å². The number of aryl methyl sites for hydroxylation is 1. The number of nitrogens with one attached hydrogen (secondary N) is 1. The molecule has 0 spiro atoms. The maximum atomic E-state index is 11.2. The number of aliphatic carboxylic acids is 1. The van der Waals surface area contributed by atoms with Crippen LogP contribution in [0.2, 0.25) is 0 Å². The van der Waals surface area contributed by atoms with Crippen LogP contribution in [0.1, 0.15) is 31.2 Å². The number of rotatable bonds is 6. The van der Waals surface area contributed by atoms with Crippen molar-refractivity contribution >= 4 is 34.1 Å². The second-order valence-corrected chi connectivity index (χ2v) is 8.72. The molecular weight excluding hydrogens is 398 g/mol. The molecule has 30 heavy (non-hydrogen) atoms. The summed E-state index contributed by atoms with van der Waals surface area (Å²) in [5.74, 6) is 0.624. The maximum absolute atomic E-state index is 11.2. The Morgan fingerprint density at radius 3 is 2.70 bits per heavy atom. The molecule has 4 rings (SSSR count). The highest BCUT2D eigenvalue weighted by molar-refractivity contribution is 7.18. The average molecular weight is 424 g/mol. The second-order valence-electron chi connectivity index (χ2n) is 7.71. The van der Waals surface area contributed by atoms with Gasteiger partial charge in [0.2, 0.25) is 0 Å². The molecule has 7 nitrogen and oxygen atoms in total. The molecule has 0 bridgehead atoms. The standard InChI is InChI=1S/C22H25N5O2S/c1-14-10-11-23-20(12-14)26-19-5-3-4-17(25-19)18-13-24-22(30-18)27(2)16-8-6-15(7-9-16)21(28)29/h3-5,10-13,15-16H,6-9H2,1-2H3,(H,28,29)(H,23,25,26)/t15-,16-. The molecule has 0 radical (unpaired) electrons. The topological polar surface area (TPSA) is 91.2 Å². The molecule has 0 aromatic carbocycles. The van der Waals surface area contributed by atoms with E-state index in [1.807, 2.05) is 50.5 Å². The molecule has 0 atom stereocenters. The van der Waals surface area contributed by atoms with Crippen LogP contribution in [0.3, 0.4) is 0 Å². The van der Waals surface area contributed by atoms with Crippen LogP contribution >= 0.6 is 11.3 Å². The first-order chi connectivity index (χ1) is 14.5. The van der Waals surface area contributed by atoms with Crippen LogP contribution < -0.4 is 10.2 Å². The van der Waals surface area contributed by atoms with E-state index in [4.69, 9.17) is 4.98 Å². The molecule has 3 heterocycles. The number of pyridine rings is 2. The lowest BCUT2D eigenvalue weighted by Crippen LogP contribution is -2.36. The molecule has 8 heteroatoms. The Hall–Kier alpha value is -3.00. The summed E-state index contributed by atoms with van der Waals surface area (Å²) in [6.45, 7) is 2.03. The Kier molecular flexibility index (Phi) is 5.94. The fraction of sp³-hybridized carbons (Fsp3) is 0.364. The van der Waals surface area contributed by atoms with E-state index in [1.165, 1.54) is 0 Å². The quantitative estimate of drug-likeness (QED) is 0.592. The molecule has 0 unspecified atom stereocenters. The van der Waals surface area contributed by atoms with E-state index in [-0.39, 0.29) is 5.92 Å². The normalized spacial score (nSPS) is 18.7. The molecule has 1 aliphatic rings. The van der Waals surface area contributed by atoms with Gasteiger partial charge in [-0.1, -0.05) is 17.4 Å². The van der Waals surface area contributed by atoms with Crippen LogP contribution in [0.4, 0.5) is 16.8 Å². The molecule has 1 aliphatic carbocycles. The maximum Gasteiger partial charge on any atom is 0.306 e. The summed E-state index contributed by atoms with van der Waals surface area (Å²) in [6.07, 6.45) is 6.84. The lowest BCUT2D eigenvalue weighted by molar-refractivity contribution is -0.142. The van der Waals surface area contributed by atoms with Crippen molar-refractivity contribution in [3.63, 3.8) is 0 Å². The van der Waals surface area contributed by atoms with Crippen molar-refractivity contribution in [1.29, 1.82) is 0 Å². The number of anilines is 3. The minimum absolute atomic E-state index is 0.205. The van der Waals surface area contributed by atoms with Crippen molar-refractivity contribution in [1.82, 2.24) is 15.0 Å². The van der Waals surface area contributed by atoms with Gasteiger partial charge in [0.1, 0.15) is 11.6 Å². The molecule has 156 valence electrons. The van der Waals surface area contributed by atoms with Crippen LogP contribution in [-0.2, 0) is 4.79 Å². The zero-order valence-corrected chi connectivity index (χ0v) is 17.9. The summed E-state index contributed by atoms with van der Waals surface area (Å²) < 4.78 is 0. The van der Waals surface area contributed by atoms with Crippen LogP contribution in [-0.4, -0.2) is 39.1 Å². The van der Waals surface area contributed by atoms with E-state index in [1.54, 1.807) is 17.5 Å². The zero-order valence-electron chi connectivity index (χ0n) is 17.1. The molecule has 0 aliphatic heterocycles. The number of carbonyl (C=O) groups is 1. The van der Waals surface area contributed by atoms with Crippen molar-refractivity contribution < 1.29 is 9.90 Å². The van der Waals surface area contributed by atoms with Crippen molar-refractivity contribution in [3.05, 3.63) is 48.3 Å². The van der Waals surface area contributed by atoms with Gasteiger partial charge in [-0.05, 0) is 62.4 Å². The molecule has 1 fully saturated rings. The number of hydrogen-bond donors (Lipinski definition) is 2. The number of hydrogen-bond acceptors (Lipinski definition) is 7. The SMILES string of the molecule is Cc1ccnc(Nc2cccc(-c3cnc(N(C)[C@H]4CC[C@H](C(=O)O)CC4)s3)n2)c1. The van der Waals surface area contributed by atoms with Crippen molar-refractivity contribution in [3.8, 4) is 10.6 Å².